The average Bonchev–Trinajstić information content (AvgIpc) is 3.37. The molecule has 3 aliphatic heterocycles. The molecule has 0 aliphatic carbocycles. The zero-order chi connectivity index (χ0) is 49.0. The van der Waals surface area contributed by atoms with Crippen LogP contribution in [0.2, 0.25) is 0 Å². The van der Waals surface area contributed by atoms with Gasteiger partial charge in [0.2, 0.25) is 11.8 Å². The Kier molecular flexibility index (Phi) is 24.4. The van der Waals surface area contributed by atoms with Crippen LogP contribution < -0.4 is 48.3 Å². The Balaban J connectivity index is 1.13. The molecule has 3 saturated heterocycles. The van der Waals surface area contributed by atoms with E-state index in [2.05, 4.69) is 52.3 Å². The van der Waals surface area contributed by atoms with Gasteiger partial charge in [0, 0.05) is 122 Å². The first-order valence-corrected chi connectivity index (χ1v) is 26.2. The van der Waals surface area contributed by atoms with Crippen LogP contribution in [0.4, 0.5) is 5.69 Å². The molecule has 70 heavy (non-hydrogen) atoms. The van der Waals surface area contributed by atoms with Gasteiger partial charge < -0.3 is 58.1 Å². The summed E-state index contributed by atoms with van der Waals surface area (Å²) in [5.41, 5.74) is 10.7. The van der Waals surface area contributed by atoms with Gasteiger partial charge in [-0.2, -0.15) is 0 Å². The molecular formula is C53H83N13O4. The van der Waals surface area contributed by atoms with Crippen molar-refractivity contribution in [3.63, 3.8) is 0 Å². The zero-order valence-corrected chi connectivity index (χ0v) is 41.7. The van der Waals surface area contributed by atoms with Crippen LogP contribution in [0.5, 0.6) is 0 Å². The monoisotopic (exact) mass is 966 g/mol. The lowest BCUT2D eigenvalue weighted by Gasteiger charge is -2.28. The third kappa shape index (κ3) is 19.7. The quantitative estimate of drug-likeness (QED) is 0.115. The molecule has 0 saturated carbocycles. The lowest BCUT2D eigenvalue weighted by Crippen LogP contribution is -2.48. The van der Waals surface area contributed by atoms with Crippen molar-refractivity contribution < 1.29 is 19.2 Å². The number of anilines is 1. The number of nitrogens with two attached hydrogens (primary N) is 1. The standard InChI is InChI=1S/C53H83N13O4/c54-48-16-10-43(11-17-48)40-49-50(67)61-30-38-65(52(69)46-12-6-44(7-13-46)41-63-32-3-22-57-26-24-55-18-1-20-59-28-36-63)34-5-35-66(39-31-62-51(49)68)53(70)47-14-8-45(9-15-47)42-64-33-4-23-58-27-25-56-19-2-21-60-29-37-64/h6-17,49,55-60H,1-5,18-42,54H2,(H,61,67)(H,62,68). The van der Waals surface area contributed by atoms with Gasteiger partial charge in [0.05, 0.1) is 0 Å². The van der Waals surface area contributed by atoms with E-state index in [0.29, 0.717) is 36.3 Å². The molecule has 0 atom stereocenters. The number of benzene rings is 3. The van der Waals surface area contributed by atoms with Crippen LogP contribution in [0.1, 0.15) is 69.5 Å². The highest BCUT2D eigenvalue weighted by Crippen LogP contribution is 2.16. The molecule has 0 bridgehead atoms. The van der Waals surface area contributed by atoms with Crippen molar-refractivity contribution in [2.45, 2.75) is 51.6 Å². The first kappa shape index (κ1) is 54.4. The summed E-state index contributed by atoms with van der Waals surface area (Å²) < 4.78 is 0. The third-order valence-electron chi connectivity index (χ3n) is 13.3. The molecule has 3 aliphatic rings. The molecule has 17 heteroatoms. The molecule has 3 heterocycles. The molecular weight excluding hydrogens is 883 g/mol. The van der Waals surface area contributed by atoms with E-state index in [9.17, 15) is 19.2 Å². The van der Waals surface area contributed by atoms with Crippen LogP contribution in [-0.4, -0.2) is 187 Å². The predicted octanol–water partition coefficient (Wildman–Crippen LogP) is 1.08. The molecule has 0 aromatic heterocycles. The van der Waals surface area contributed by atoms with Crippen LogP contribution in [0, 0.1) is 5.92 Å². The fourth-order valence-electron chi connectivity index (χ4n) is 9.19. The first-order valence-electron chi connectivity index (χ1n) is 26.2. The summed E-state index contributed by atoms with van der Waals surface area (Å²) in [6, 6.07) is 22.9. The molecule has 4 amide bonds. The normalized spacial score (nSPS) is 20.2. The minimum atomic E-state index is -1.02. The SMILES string of the molecule is Nc1ccc(CC2C(=O)NCCN(C(=O)c3ccc(CN4CCCNCCNCCCNCC4)cc3)CCCN(C(=O)c3ccc(CN4CCCNCCNCCCNCC4)cc3)CCNC2=O)cc1. The number of carbonyl (C=O) groups excluding carboxylic acids is 4. The average molecular weight is 966 g/mol. The molecule has 17 nitrogen and oxygen atoms in total. The lowest BCUT2D eigenvalue weighted by molar-refractivity contribution is -0.135. The van der Waals surface area contributed by atoms with Crippen molar-refractivity contribution in [3.8, 4) is 0 Å². The second-order valence-corrected chi connectivity index (χ2v) is 18.9. The number of hydrogen-bond donors (Lipinski definition) is 9. The summed E-state index contributed by atoms with van der Waals surface area (Å²) in [5, 5.41) is 27.1. The van der Waals surface area contributed by atoms with E-state index in [0.717, 1.165) is 160 Å². The Bertz CT molecular complexity index is 1840. The van der Waals surface area contributed by atoms with Gasteiger partial charge in [-0.3, -0.25) is 29.0 Å². The largest absolute Gasteiger partial charge is 0.399 e. The van der Waals surface area contributed by atoms with Crippen LogP contribution in [-0.2, 0) is 29.1 Å². The van der Waals surface area contributed by atoms with E-state index in [-0.39, 0.29) is 44.4 Å². The Labute approximate surface area is 417 Å². The Morgan fingerprint density at radius 1 is 0.414 bits per heavy atom. The summed E-state index contributed by atoms with van der Waals surface area (Å²) in [6.07, 6.45) is 4.99. The first-order chi connectivity index (χ1) is 34.3. The summed E-state index contributed by atoms with van der Waals surface area (Å²) in [7, 11) is 0. The van der Waals surface area contributed by atoms with E-state index >= 15 is 0 Å². The maximum absolute atomic E-state index is 14.3. The predicted molar refractivity (Wildman–Crippen MR) is 280 cm³/mol. The lowest BCUT2D eigenvalue weighted by atomic mass is 9.97. The molecule has 3 fully saturated rings. The summed E-state index contributed by atoms with van der Waals surface area (Å²) in [6.45, 7) is 18.7. The summed E-state index contributed by atoms with van der Waals surface area (Å²) in [4.78, 5) is 64.7. The van der Waals surface area contributed by atoms with Crippen LogP contribution in [0.15, 0.2) is 72.8 Å². The van der Waals surface area contributed by atoms with Gasteiger partial charge in [0.15, 0.2) is 0 Å². The molecule has 6 rings (SSSR count). The van der Waals surface area contributed by atoms with Crippen molar-refractivity contribution >= 4 is 29.3 Å². The van der Waals surface area contributed by atoms with Crippen molar-refractivity contribution in [1.29, 1.82) is 0 Å². The van der Waals surface area contributed by atoms with Gasteiger partial charge in [-0.05, 0) is 144 Å². The smallest absolute Gasteiger partial charge is 0.253 e. The molecule has 3 aromatic rings. The highest BCUT2D eigenvalue weighted by Gasteiger charge is 2.28. The van der Waals surface area contributed by atoms with Gasteiger partial charge in [0.25, 0.3) is 11.8 Å². The number of amides is 4. The van der Waals surface area contributed by atoms with Crippen LogP contribution in [0.3, 0.4) is 0 Å². The maximum atomic E-state index is 14.3. The van der Waals surface area contributed by atoms with E-state index in [1.54, 1.807) is 21.9 Å². The number of hydrogen-bond acceptors (Lipinski definition) is 13. The van der Waals surface area contributed by atoms with Crippen molar-refractivity contribution in [2.24, 2.45) is 5.92 Å². The topological polar surface area (TPSA) is 204 Å². The Morgan fingerprint density at radius 3 is 1.23 bits per heavy atom. The number of nitrogen functional groups attached to an aromatic ring is 1. The van der Waals surface area contributed by atoms with Gasteiger partial charge >= 0.3 is 0 Å². The van der Waals surface area contributed by atoms with E-state index in [1.165, 1.54) is 0 Å². The van der Waals surface area contributed by atoms with Crippen molar-refractivity contribution in [2.75, 3.05) is 150 Å². The number of rotatable bonds is 8. The number of carbonyl (C=O) groups is 4. The fourth-order valence-corrected chi connectivity index (χ4v) is 9.19. The van der Waals surface area contributed by atoms with Crippen LogP contribution in [0.25, 0.3) is 0 Å². The fraction of sp³-hybridized carbons (Fsp3) is 0.585. The van der Waals surface area contributed by atoms with Gasteiger partial charge in [-0.1, -0.05) is 36.4 Å². The highest BCUT2D eigenvalue weighted by atomic mass is 16.2. The third-order valence-corrected chi connectivity index (χ3v) is 13.3. The second-order valence-electron chi connectivity index (χ2n) is 18.9. The van der Waals surface area contributed by atoms with Crippen molar-refractivity contribution in [1.82, 2.24) is 62.1 Å². The van der Waals surface area contributed by atoms with E-state index in [4.69, 9.17) is 5.73 Å². The van der Waals surface area contributed by atoms with Crippen LogP contribution >= 0.6 is 0 Å². The molecule has 0 radical (unpaired) electrons. The maximum Gasteiger partial charge on any atom is 0.253 e. The minimum Gasteiger partial charge on any atom is -0.399 e. The molecule has 10 N–H and O–H groups in total. The molecule has 384 valence electrons. The number of nitrogens with zero attached hydrogens (tertiary/aromatic N) is 4. The Morgan fingerprint density at radius 2 is 0.800 bits per heavy atom. The Hall–Kier alpha value is -4.98. The molecule has 0 spiro atoms. The van der Waals surface area contributed by atoms with Gasteiger partial charge in [-0.15, -0.1) is 0 Å². The zero-order valence-electron chi connectivity index (χ0n) is 41.7. The highest BCUT2D eigenvalue weighted by molar-refractivity contribution is 6.00. The second kappa shape index (κ2) is 31.4. The molecule has 3 aromatic carbocycles. The van der Waals surface area contributed by atoms with E-state index in [1.807, 2.05) is 60.7 Å². The van der Waals surface area contributed by atoms with Gasteiger partial charge in [0.1, 0.15) is 5.92 Å². The molecule has 0 unspecified atom stereocenters. The van der Waals surface area contributed by atoms with Gasteiger partial charge in [-0.25, -0.2) is 0 Å². The number of nitrogens with one attached hydrogen (secondary N) is 8. The van der Waals surface area contributed by atoms with E-state index < -0.39 is 17.7 Å². The summed E-state index contributed by atoms with van der Waals surface area (Å²) in [5.74, 6) is -2.15. The minimum absolute atomic E-state index is 0.145. The van der Waals surface area contributed by atoms with Crippen molar-refractivity contribution in [3.05, 3.63) is 101 Å². The summed E-state index contributed by atoms with van der Waals surface area (Å²) >= 11 is 0.